The predicted molar refractivity (Wildman–Crippen MR) is 42.1 cm³/mol. The largest absolute Gasteiger partial charge is 0.418 e. The Bertz CT molecular complexity index is 408. The Kier molecular flexibility index (Phi) is 2.95. The van der Waals surface area contributed by atoms with Gasteiger partial charge in [0.2, 0.25) is 0 Å². The van der Waals surface area contributed by atoms with E-state index in [-0.39, 0.29) is 0 Å². The summed E-state index contributed by atoms with van der Waals surface area (Å²) in [5.74, 6) is -0.921. The van der Waals surface area contributed by atoms with Gasteiger partial charge in [0.05, 0.1) is 5.56 Å². The summed E-state index contributed by atoms with van der Waals surface area (Å²) in [5.41, 5.74) is -1.09. The van der Waals surface area contributed by atoms with Gasteiger partial charge in [0.15, 0.2) is 6.10 Å². The summed E-state index contributed by atoms with van der Waals surface area (Å²) in [6.45, 7) is 0. The zero-order chi connectivity index (χ0) is 11.6. The number of benzene rings is 1. The smallest absolute Gasteiger partial charge is 0.379 e. The van der Waals surface area contributed by atoms with E-state index in [2.05, 4.69) is 0 Å². The number of halogens is 4. The molecule has 0 saturated heterocycles. The van der Waals surface area contributed by atoms with Gasteiger partial charge in [-0.25, -0.2) is 4.39 Å². The molecule has 0 unspecified atom stereocenters. The second kappa shape index (κ2) is 3.87. The van der Waals surface area contributed by atoms with Crippen LogP contribution in [-0.2, 0) is 0 Å². The van der Waals surface area contributed by atoms with Crippen molar-refractivity contribution in [3.8, 4) is 6.07 Å². The lowest BCUT2D eigenvalue weighted by Crippen LogP contribution is -2.20. The van der Waals surface area contributed by atoms with Gasteiger partial charge >= 0.3 is 6.18 Å². The fourth-order valence-electron chi connectivity index (χ4n) is 0.988. The third-order valence-electron chi connectivity index (χ3n) is 1.74. The van der Waals surface area contributed by atoms with Crippen LogP contribution in [0.3, 0.4) is 0 Å². The number of rotatable bonds is 1. The average molecular weight is 219 g/mol. The van der Waals surface area contributed by atoms with Crippen molar-refractivity contribution in [3.05, 3.63) is 35.1 Å². The van der Waals surface area contributed by atoms with Crippen molar-refractivity contribution >= 4 is 0 Å². The highest BCUT2D eigenvalue weighted by Gasteiger charge is 2.39. The Morgan fingerprint density at radius 2 is 1.93 bits per heavy atom. The van der Waals surface area contributed by atoms with Gasteiger partial charge < -0.3 is 5.11 Å². The van der Waals surface area contributed by atoms with E-state index in [1.807, 2.05) is 0 Å². The van der Waals surface area contributed by atoms with Crippen LogP contribution in [0, 0.1) is 17.1 Å². The summed E-state index contributed by atoms with van der Waals surface area (Å²) in [7, 11) is 0. The Labute approximate surface area is 82.4 Å². The molecule has 1 aromatic carbocycles. The van der Waals surface area contributed by atoms with E-state index in [1.165, 1.54) is 6.07 Å². The maximum Gasteiger partial charge on any atom is 0.418 e. The number of nitrogens with zero attached hydrogens (tertiary/aromatic N) is 1. The molecule has 2 nitrogen and oxygen atoms in total. The minimum Gasteiger partial charge on any atom is -0.379 e. The third kappa shape index (κ3) is 2.44. The highest BCUT2D eigenvalue weighted by Crippen LogP contribution is 2.32. The topological polar surface area (TPSA) is 44.0 Å². The molecule has 0 aliphatic heterocycles. The maximum atomic E-state index is 12.7. The Hall–Kier alpha value is -1.61. The van der Waals surface area contributed by atoms with Gasteiger partial charge in [-0.1, -0.05) is 6.07 Å². The fourth-order valence-corrected chi connectivity index (χ4v) is 0.988. The molecule has 0 aromatic heterocycles. The highest BCUT2D eigenvalue weighted by molar-refractivity contribution is 5.35. The van der Waals surface area contributed by atoms with Crippen LogP contribution in [-0.4, -0.2) is 11.3 Å². The number of nitriles is 1. The van der Waals surface area contributed by atoms with Crippen molar-refractivity contribution in [2.45, 2.75) is 12.3 Å². The van der Waals surface area contributed by atoms with Crippen LogP contribution in [0.1, 0.15) is 17.2 Å². The van der Waals surface area contributed by atoms with E-state index >= 15 is 0 Å². The molecule has 6 heteroatoms. The lowest BCUT2D eigenvalue weighted by Gasteiger charge is -2.14. The second-order valence-electron chi connectivity index (χ2n) is 2.80. The van der Waals surface area contributed by atoms with Crippen molar-refractivity contribution in [2.24, 2.45) is 0 Å². The van der Waals surface area contributed by atoms with Crippen molar-refractivity contribution in [3.63, 3.8) is 0 Å². The molecule has 0 heterocycles. The molecule has 0 aliphatic rings. The second-order valence-corrected chi connectivity index (χ2v) is 2.80. The van der Waals surface area contributed by atoms with Crippen LogP contribution in [0.25, 0.3) is 0 Å². The molecule has 1 rings (SSSR count). The summed E-state index contributed by atoms with van der Waals surface area (Å²) in [6.07, 6.45) is -7.53. The maximum absolute atomic E-state index is 12.7. The molecule has 0 bridgehead atoms. The summed E-state index contributed by atoms with van der Waals surface area (Å²) in [6, 6.07) is 3.56. The normalized spacial score (nSPS) is 13.3. The summed E-state index contributed by atoms with van der Waals surface area (Å²) >= 11 is 0. The van der Waals surface area contributed by atoms with Gasteiger partial charge in [-0.15, -0.1) is 0 Å². The first-order chi connectivity index (χ1) is 6.86. The molecule has 0 amide bonds. The van der Waals surface area contributed by atoms with Crippen molar-refractivity contribution in [1.82, 2.24) is 0 Å². The quantitative estimate of drug-likeness (QED) is 0.736. The lowest BCUT2D eigenvalue weighted by molar-refractivity contribution is -0.206. The number of hydrogen-bond acceptors (Lipinski definition) is 2. The summed E-state index contributed by atoms with van der Waals surface area (Å²) < 4.78 is 48.9. The number of aliphatic hydroxyl groups is 1. The monoisotopic (exact) mass is 219 g/mol. The minimum absolute atomic E-state index is 0.532. The first kappa shape index (κ1) is 11.5. The van der Waals surface area contributed by atoms with Crippen LogP contribution in [0.4, 0.5) is 17.6 Å². The van der Waals surface area contributed by atoms with Gasteiger partial charge in [0, 0.05) is 0 Å². The zero-order valence-corrected chi connectivity index (χ0v) is 7.22. The van der Waals surface area contributed by atoms with Crippen LogP contribution < -0.4 is 0 Å². The van der Waals surface area contributed by atoms with E-state index in [0.717, 1.165) is 6.07 Å². The molecule has 0 aliphatic carbocycles. The van der Waals surface area contributed by atoms with Gasteiger partial charge in [-0.05, 0) is 17.7 Å². The van der Waals surface area contributed by atoms with E-state index in [1.54, 1.807) is 0 Å². The van der Waals surface area contributed by atoms with Crippen LogP contribution in [0.2, 0.25) is 0 Å². The molecule has 80 valence electrons. The highest BCUT2D eigenvalue weighted by atomic mass is 19.4. The van der Waals surface area contributed by atoms with Crippen LogP contribution in [0.15, 0.2) is 18.2 Å². The van der Waals surface area contributed by atoms with E-state index in [0.29, 0.717) is 12.1 Å². The van der Waals surface area contributed by atoms with Crippen LogP contribution >= 0.6 is 0 Å². The van der Waals surface area contributed by atoms with Crippen molar-refractivity contribution in [1.29, 1.82) is 5.26 Å². The molecule has 0 radical (unpaired) electrons. The van der Waals surface area contributed by atoms with Crippen molar-refractivity contribution in [2.75, 3.05) is 0 Å². The molecule has 15 heavy (non-hydrogen) atoms. The zero-order valence-electron chi connectivity index (χ0n) is 7.22. The molecular weight excluding hydrogens is 214 g/mol. The molecule has 0 fully saturated rings. The first-order valence-corrected chi connectivity index (χ1v) is 3.80. The van der Waals surface area contributed by atoms with E-state index in [4.69, 9.17) is 10.4 Å². The average Bonchev–Trinajstić information content (AvgIpc) is 2.16. The molecule has 0 saturated carbocycles. The van der Waals surface area contributed by atoms with Crippen LogP contribution in [0.5, 0.6) is 0 Å². The van der Waals surface area contributed by atoms with Gasteiger partial charge in [-0.3, -0.25) is 0 Å². The Morgan fingerprint density at radius 3 is 2.40 bits per heavy atom. The van der Waals surface area contributed by atoms with Gasteiger partial charge in [0.25, 0.3) is 0 Å². The minimum atomic E-state index is -4.83. The Morgan fingerprint density at radius 1 is 1.33 bits per heavy atom. The van der Waals surface area contributed by atoms with Gasteiger partial charge in [-0.2, -0.15) is 18.4 Å². The SMILES string of the molecule is N#Cc1cc([C@@H](O)C(F)(F)F)ccc1F. The van der Waals surface area contributed by atoms with Crippen molar-refractivity contribution < 1.29 is 22.7 Å². The fraction of sp³-hybridized carbons (Fsp3) is 0.222. The lowest BCUT2D eigenvalue weighted by atomic mass is 10.1. The number of hydrogen-bond donors (Lipinski definition) is 1. The number of aliphatic hydroxyl groups excluding tert-OH is 1. The molecule has 1 atom stereocenters. The molecule has 1 N–H and O–H groups in total. The first-order valence-electron chi connectivity index (χ1n) is 3.80. The molecular formula is C9H5F4NO. The standard InChI is InChI=1S/C9H5F4NO/c10-7-2-1-5(3-6(7)4-14)8(15)9(11,12)13/h1-3,8,15H/t8-/m1/s1. The summed E-state index contributed by atoms with van der Waals surface area (Å²) in [5, 5.41) is 17.2. The summed E-state index contributed by atoms with van der Waals surface area (Å²) in [4.78, 5) is 0. The van der Waals surface area contributed by atoms with E-state index < -0.39 is 29.2 Å². The molecule has 1 aromatic rings. The van der Waals surface area contributed by atoms with Gasteiger partial charge in [0.1, 0.15) is 11.9 Å². The third-order valence-corrected chi connectivity index (χ3v) is 1.74. The predicted octanol–water partition coefficient (Wildman–Crippen LogP) is 2.29. The molecule has 0 spiro atoms. The number of alkyl halides is 3. The Balaban J connectivity index is 3.13. The van der Waals surface area contributed by atoms with E-state index in [9.17, 15) is 17.6 Å².